The number of hydrogen-bond acceptors (Lipinski definition) is 4. The number of anilines is 2. The van der Waals surface area contributed by atoms with E-state index in [9.17, 15) is 4.39 Å². The zero-order chi connectivity index (χ0) is 13.1. The van der Waals surface area contributed by atoms with Gasteiger partial charge < -0.3 is 11.1 Å². The lowest BCUT2D eigenvalue weighted by Crippen LogP contribution is -2.07. The molecule has 0 bridgehead atoms. The number of aromatic nitrogens is 1. The van der Waals surface area contributed by atoms with E-state index in [0.717, 1.165) is 17.1 Å². The molecular weight excluding hydrogens is 273 g/mol. The largest absolute Gasteiger partial charge is 0.397 e. The SMILES string of the molecule is Cc1csc(CCNc2cc(Cl)c(F)cc2N)n1. The molecule has 0 radical (unpaired) electrons. The van der Waals surface area contributed by atoms with Crippen LogP contribution in [0.15, 0.2) is 17.5 Å². The summed E-state index contributed by atoms with van der Waals surface area (Å²) in [5.41, 5.74) is 7.73. The smallest absolute Gasteiger partial charge is 0.143 e. The van der Waals surface area contributed by atoms with Crippen LogP contribution in [-0.4, -0.2) is 11.5 Å². The number of nitrogen functional groups attached to an aromatic ring is 1. The van der Waals surface area contributed by atoms with E-state index >= 15 is 0 Å². The number of nitrogens with two attached hydrogens (primary N) is 1. The van der Waals surface area contributed by atoms with Gasteiger partial charge in [-0.1, -0.05) is 11.6 Å². The van der Waals surface area contributed by atoms with Crippen LogP contribution in [0.25, 0.3) is 0 Å². The van der Waals surface area contributed by atoms with Crippen LogP contribution in [-0.2, 0) is 6.42 Å². The predicted octanol–water partition coefficient (Wildman–Crippen LogP) is 3.48. The van der Waals surface area contributed by atoms with E-state index in [1.165, 1.54) is 12.1 Å². The van der Waals surface area contributed by atoms with E-state index < -0.39 is 5.82 Å². The van der Waals surface area contributed by atoms with E-state index in [0.29, 0.717) is 17.9 Å². The van der Waals surface area contributed by atoms with Gasteiger partial charge in [-0.2, -0.15) is 0 Å². The van der Waals surface area contributed by atoms with Gasteiger partial charge in [-0.25, -0.2) is 9.37 Å². The lowest BCUT2D eigenvalue weighted by molar-refractivity contribution is 0.629. The van der Waals surface area contributed by atoms with Gasteiger partial charge in [0, 0.05) is 30.1 Å². The zero-order valence-corrected chi connectivity index (χ0v) is 11.4. The van der Waals surface area contributed by atoms with Gasteiger partial charge in [-0.15, -0.1) is 11.3 Å². The highest BCUT2D eigenvalue weighted by Gasteiger charge is 2.06. The molecule has 3 N–H and O–H groups in total. The van der Waals surface area contributed by atoms with Crippen molar-refractivity contribution in [1.82, 2.24) is 4.98 Å². The van der Waals surface area contributed by atoms with Gasteiger partial charge in [-0.05, 0) is 13.0 Å². The van der Waals surface area contributed by atoms with Gasteiger partial charge in [0.15, 0.2) is 0 Å². The van der Waals surface area contributed by atoms with Gasteiger partial charge in [-0.3, -0.25) is 0 Å². The lowest BCUT2D eigenvalue weighted by Gasteiger charge is -2.09. The molecule has 0 saturated carbocycles. The number of hydrogen-bond donors (Lipinski definition) is 2. The predicted molar refractivity (Wildman–Crippen MR) is 74.9 cm³/mol. The van der Waals surface area contributed by atoms with Crippen LogP contribution in [0.4, 0.5) is 15.8 Å². The van der Waals surface area contributed by atoms with E-state index in [1.54, 1.807) is 11.3 Å². The number of aryl methyl sites for hydroxylation is 1. The first-order valence-electron chi connectivity index (χ1n) is 5.45. The van der Waals surface area contributed by atoms with Gasteiger partial charge in [0.2, 0.25) is 0 Å². The third-order valence-electron chi connectivity index (χ3n) is 2.41. The molecule has 0 amide bonds. The molecule has 0 atom stereocenters. The molecule has 1 aromatic carbocycles. The minimum absolute atomic E-state index is 0.0665. The van der Waals surface area contributed by atoms with E-state index in [-0.39, 0.29) is 5.02 Å². The summed E-state index contributed by atoms with van der Waals surface area (Å²) in [7, 11) is 0. The standard InChI is InChI=1S/C12H13ClFN3S/c1-7-6-18-12(17-7)2-3-16-11-4-8(13)9(14)5-10(11)15/h4-6,16H,2-3,15H2,1H3. The van der Waals surface area contributed by atoms with Crippen LogP contribution in [0, 0.1) is 12.7 Å². The number of nitrogens with one attached hydrogen (secondary N) is 1. The number of nitrogens with zero attached hydrogens (tertiary/aromatic N) is 1. The molecule has 2 aromatic rings. The molecule has 0 aliphatic carbocycles. The molecule has 0 aliphatic heterocycles. The van der Waals surface area contributed by atoms with Crippen molar-refractivity contribution >= 4 is 34.3 Å². The molecule has 0 fully saturated rings. The molecule has 18 heavy (non-hydrogen) atoms. The normalized spacial score (nSPS) is 10.6. The molecule has 0 unspecified atom stereocenters. The molecule has 1 aromatic heterocycles. The summed E-state index contributed by atoms with van der Waals surface area (Å²) in [6, 6.07) is 2.72. The van der Waals surface area contributed by atoms with Crippen molar-refractivity contribution in [3.8, 4) is 0 Å². The van der Waals surface area contributed by atoms with Crippen molar-refractivity contribution in [3.63, 3.8) is 0 Å². The maximum absolute atomic E-state index is 13.1. The summed E-state index contributed by atoms with van der Waals surface area (Å²) in [6.45, 7) is 2.64. The van der Waals surface area contributed by atoms with E-state index in [4.69, 9.17) is 17.3 Å². The van der Waals surface area contributed by atoms with Crippen LogP contribution in [0.5, 0.6) is 0 Å². The summed E-state index contributed by atoms with van der Waals surface area (Å²) >= 11 is 7.33. The molecule has 6 heteroatoms. The van der Waals surface area contributed by atoms with E-state index in [2.05, 4.69) is 10.3 Å². The zero-order valence-electron chi connectivity index (χ0n) is 9.84. The van der Waals surface area contributed by atoms with Crippen LogP contribution in [0.2, 0.25) is 5.02 Å². The summed E-state index contributed by atoms with van der Waals surface area (Å²) in [6.07, 6.45) is 0.799. The minimum Gasteiger partial charge on any atom is -0.397 e. The first-order valence-corrected chi connectivity index (χ1v) is 6.71. The molecular formula is C12H13ClFN3S. The highest BCUT2D eigenvalue weighted by molar-refractivity contribution is 7.09. The topological polar surface area (TPSA) is 50.9 Å². The third-order valence-corrected chi connectivity index (χ3v) is 3.73. The van der Waals surface area contributed by atoms with Crippen LogP contribution < -0.4 is 11.1 Å². The molecule has 0 spiro atoms. The Morgan fingerprint density at radius 1 is 1.50 bits per heavy atom. The second-order valence-corrected chi connectivity index (χ2v) is 5.26. The Hall–Kier alpha value is -1.33. The average molecular weight is 286 g/mol. The van der Waals surface area contributed by atoms with Crippen LogP contribution in [0.1, 0.15) is 10.7 Å². The Labute approximate surface area is 114 Å². The van der Waals surface area contributed by atoms with E-state index in [1.807, 2.05) is 12.3 Å². The second kappa shape index (κ2) is 5.54. The number of halogens is 2. The fraction of sp³-hybridized carbons (Fsp3) is 0.250. The molecule has 2 rings (SSSR count). The number of thiazole rings is 1. The Morgan fingerprint density at radius 2 is 2.28 bits per heavy atom. The van der Waals surface area contributed by atoms with Crippen LogP contribution in [0.3, 0.4) is 0 Å². The first-order chi connectivity index (χ1) is 8.56. The van der Waals surface area contributed by atoms with Gasteiger partial charge in [0.1, 0.15) is 5.82 Å². The summed E-state index contributed by atoms with van der Waals surface area (Å²) in [5.74, 6) is -0.504. The first kappa shape index (κ1) is 13.1. The number of rotatable bonds is 4. The van der Waals surface area contributed by atoms with Gasteiger partial charge in [0.05, 0.1) is 21.4 Å². The Kier molecular flexibility index (Phi) is 4.04. The summed E-state index contributed by atoms with van der Waals surface area (Å²) in [5, 5.41) is 6.27. The fourth-order valence-corrected chi connectivity index (χ4v) is 2.48. The van der Waals surface area contributed by atoms with Crippen molar-refractivity contribution in [1.29, 1.82) is 0 Å². The van der Waals surface area contributed by atoms with Gasteiger partial charge in [0.25, 0.3) is 0 Å². The molecule has 1 heterocycles. The molecule has 0 aliphatic rings. The van der Waals surface area contributed by atoms with Gasteiger partial charge >= 0.3 is 0 Å². The molecule has 96 valence electrons. The van der Waals surface area contributed by atoms with Crippen molar-refractivity contribution in [2.45, 2.75) is 13.3 Å². The fourth-order valence-electron chi connectivity index (χ4n) is 1.54. The van der Waals surface area contributed by atoms with Crippen molar-refractivity contribution in [2.24, 2.45) is 0 Å². The van der Waals surface area contributed by atoms with Crippen molar-refractivity contribution in [3.05, 3.63) is 39.1 Å². The highest BCUT2D eigenvalue weighted by Crippen LogP contribution is 2.26. The monoisotopic (exact) mass is 285 g/mol. The van der Waals surface area contributed by atoms with Crippen LogP contribution >= 0.6 is 22.9 Å². The minimum atomic E-state index is -0.504. The summed E-state index contributed by atoms with van der Waals surface area (Å²) < 4.78 is 13.1. The quantitative estimate of drug-likeness (QED) is 0.846. The Morgan fingerprint density at radius 3 is 2.94 bits per heavy atom. The van der Waals surface area contributed by atoms with Crippen molar-refractivity contribution < 1.29 is 4.39 Å². The average Bonchev–Trinajstić information content (AvgIpc) is 2.71. The second-order valence-electron chi connectivity index (χ2n) is 3.91. The maximum Gasteiger partial charge on any atom is 0.143 e. The third kappa shape index (κ3) is 3.11. The van der Waals surface area contributed by atoms with Crippen molar-refractivity contribution in [2.75, 3.05) is 17.6 Å². The Bertz CT molecular complexity index is 556. The Balaban J connectivity index is 1.96. The maximum atomic E-state index is 13.1. The lowest BCUT2D eigenvalue weighted by atomic mass is 10.2. The highest BCUT2D eigenvalue weighted by atomic mass is 35.5. The molecule has 3 nitrogen and oxygen atoms in total. The molecule has 0 saturated heterocycles. The number of benzene rings is 1. The summed E-state index contributed by atoms with van der Waals surface area (Å²) in [4.78, 5) is 4.36.